The summed E-state index contributed by atoms with van der Waals surface area (Å²) in [5.41, 5.74) is -0.800. The second-order valence-electron chi connectivity index (χ2n) is 28.2. The summed E-state index contributed by atoms with van der Waals surface area (Å²) in [6.07, 6.45) is 3.41. The fourth-order valence-electron chi connectivity index (χ4n) is 12.9. The molecular weight excluding hydrogens is 1310 g/mol. The number of ether oxygens (including phenoxy) is 13. The fourth-order valence-corrected chi connectivity index (χ4v) is 15.9. The zero-order valence-corrected chi connectivity index (χ0v) is 60.3. The Labute approximate surface area is 558 Å². The molecule has 8 heterocycles. The maximum Gasteiger partial charge on any atom is 0.416 e. The van der Waals surface area contributed by atoms with Crippen molar-refractivity contribution in [2.45, 2.75) is 229 Å². The number of fused-ring (bicyclic) bond motifs is 4. The van der Waals surface area contributed by atoms with Gasteiger partial charge in [0, 0.05) is 32.7 Å². The molecule has 4 saturated heterocycles. The minimum Gasteiger partial charge on any atom is -0.463 e. The Balaban J connectivity index is 0.000000222. The number of aliphatic hydroxyl groups excluding tert-OH is 1. The molecule has 10 rings (SSSR count). The van der Waals surface area contributed by atoms with E-state index in [1.54, 1.807) is 74.8 Å². The number of anilines is 2. The number of methoxy groups -OCH3 is 2. The number of halogens is 2. The molecule has 2 aliphatic carbocycles. The van der Waals surface area contributed by atoms with Gasteiger partial charge in [0.25, 0.3) is 0 Å². The van der Waals surface area contributed by atoms with E-state index in [1.165, 1.54) is 32.2 Å². The Morgan fingerprint density at radius 1 is 0.649 bits per heavy atom. The van der Waals surface area contributed by atoms with Gasteiger partial charge in [0.2, 0.25) is 15.9 Å². The van der Waals surface area contributed by atoms with E-state index < -0.39 is 122 Å². The molecule has 0 aromatic carbocycles. The number of nitrogens with zero attached hydrogens (tertiary/aromatic N) is 10. The Bertz CT molecular complexity index is 3450. The summed E-state index contributed by atoms with van der Waals surface area (Å²) in [7, 11) is -3.33. The van der Waals surface area contributed by atoms with Crippen LogP contribution in [-0.4, -0.2) is 225 Å². The highest BCUT2D eigenvalue weighted by atomic mass is 35.5. The lowest BCUT2D eigenvalue weighted by Crippen LogP contribution is -2.46. The van der Waals surface area contributed by atoms with Gasteiger partial charge in [-0.3, -0.25) is 9.80 Å². The lowest BCUT2D eigenvalue weighted by atomic mass is 10.1. The Morgan fingerprint density at radius 2 is 1.06 bits per heavy atom. The molecule has 33 heteroatoms. The summed E-state index contributed by atoms with van der Waals surface area (Å²) >= 11 is 13.0. The largest absolute Gasteiger partial charge is 0.463 e. The van der Waals surface area contributed by atoms with Crippen LogP contribution in [0.2, 0.25) is 10.6 Å². The minimum absolute atomic E-state index is 0.0108. The van der Waals surface area contributed by atoms with E-state index in [0.717, 1.165) is 51.4 Å². The molecule has 10 atom stereocenters. The van der Waals surface area contributed by atoms with Crippen molar-refractivity contribution in [2.24, 2.45) is 0 Å². The highest BCUT2D eigenvalue weighted by molar-refractivity contribution is 7.64. The molecule has 526 valence electrons. The zero-order valence-electron chi connectivity index (χ0n) is 57.0. The van der Waals surface area contributed by atoms with Crippen molar-refractivity contribution in [3.8, 4) is 0 Å². The van der Waals surface area contributed by atoms with Crippen LogP contribution in [0, 0.1) is 0 Å². The van der Waals surface area contributed by atoms with Crippen molar-refractivity contribution in [3.05, 3.63) is 23.0 Å². The van der Waals surface area contributed by atoms with E-state index in [0.29, 0.717) is 33.7 Å². The first-order valence-electron chi connectivity index (χ1n) is 31.9. The number of amides is 2. The van der Waals surface area contributed by atoms with Gasteiger partial charge in [-0.2, -0.15) is 30.1 Å². The standard InChI is InChI=1S/C32H49ClN5O10P.C29H45ClN5O9P/c1-10-43-27(39)32(15-16-42-7,49(8,9)41)44-18-21-22-23(47-31(5,6)46-22)26(45-21)38-25-20(17-34-38)24(35-28(33)36-25)37(19-13-11-12-14-19)29(40)48-30(2,3)4;1-27(2,3)44-26(37)34(17-11-9-10-12-17)22-18-13-31-35(23(18)33-25(30)32-22)24-21-20(42-28(4,5)43-21)19(41-24)14-40-29(15-36,16-39-6)45(7,8)38/h17,19,21-23,26H,10-16,18H2,1-9H3;13,17,19-21,24,36H,9-12,14-16H2,1-8H3/t21-,22-,23-,26-,32?;19-,20-,21-,24-,29?/m11/s1. The maximum absolute atomic E-state index is 13.7. The number of carbonyl (C=O) groups is 3. The topological polar surface area (TPSA) is 319 Å². The molecule has 29 nitrogen and oxygen atoms in total. The smallest absolute Gasteiger partial charge is 0.416 e. The molecule has 0 radical (unpaired) electrons. The Hall–Kier alpha value is -4.29. The first kappa shape index (κ1) is 73.9. The number of hydrogen-bond donors (Lipinski definition) is 1. The molecular formula is C61H94Cl2N10O19P2. The summed E-state index contributed by atoms with van der Waals surface area (Å²) < 4.78 is 108. The van der Waals surface area contributed by atoms with E-state index in [2.05, 4.69) is 30.1 Å². The van der Waals surface area contributed by atoms with E-state index in [4.69, 9.17) is 84.8 Å². The normalized spacial score (nSPS) is 26.0. The van der Waals surface area contributed by atoms with Crippen LogP contribution in [0.3, 0.4) is 0 Å². The molecule has 6 aliphatic rings. The van der Waals surface area contributed by atoms with Crippen LogP contribution in [0.4, 0.5) is 21.2 Å². The lowest BCUT2D eigenvalue weighted by molar-refractivity contribution is -0.208. The lowest BCUT2D eigenvalue weighted by Gasteiger charge is -2.36. The third-order valence-electron chi connectivity index (χ3n) is 17.3. The molecule has 94 heavy (non-hydrogen) atoms. The van der Waals surface area contributed by atoms with Crippen LogP contribution in [0.1, 0.15) is 146 Å². The number of rotatable bonds is 22. The zero-order chi connectivity index (χ0) is 68.9. The third-order valence-corrected chi connectivity index (χ3v) is 22.2. The van der Waals surface area contributed by atoms with Crippen LogP contribution in [0.15, 0.2) is 12.4 Å². The van der Waals surface area contributed by atoms with Gasteiger partial charge in [-0.05, 0) is 152 Å². The predicted octanol–water partition coefficient (Wildman–Crippen LogP) is 10.1. The summed E-state index contributed by atoms with van der Waals surface area (Å²) in [4.78, 5) is 61.7. The van der Waals surface area contributed by atoms with Gasteiger partial charge in [0.15, 0.2) is 52.3 Å². The third kappa shape index (κ3) is 15.7. The molecule has 2 saturated carbocycles. The van der Waals surface area contributed by atoms with Crippen molar-refractivity contribution in [1.82, 2.24) is 39.5 Å². The SMILES string of the molecule is CCOC(=O)C(CCOC)(OC[C@H]1O[C@@H](n2ncc3c(N(C(=O)OC(C)(C)C)C4CCCC4)nc(Cl)nc32)[C@@H]2OC(C)(C)O[C@@H]21)P(C)(C)=O.COCC(CO)(OC[C@H]1O[C@@H](n2ncc3c(N(C(=O)OC(C)(C)C)C4CCCC4)nc(Cl)nc32)[C@@H]2OC(C)(C)O[C@@H]21)P(C)(C)=O. The second-order valence-corrected chi connectivity index (χ2v) is 35.8. The number of hydrogen-bond acceptors (Lipinski definition) is 25. The molecule has 0 bridgehead atoms. The number of aliphatic hydroxyl groups is 1. The number of esters is 1. The van der Waals surface area contributed by atoms with Gasteiger partial charge in [-0.15, -0.1) is 0 Å². The molecule has 1 N–H and O–H groups in total. The van der Waals surface area contributed by atoms with Crippen molar-refractivity contribution < 1.29 is 90.2 Å². The van der Waals surface area contributed by atoms with Crippen molar-refractivity contribution in [2.75, 3.05) is 90.3 Å². The van der Waals surface area contributed by atoms with E-state index in [9.17, 15) is 28.6 Å². The number of carbonyl (C=O) groups excluding carboxylic acids is 3. The molecule has 6 fully saturated rings. The molecule has 2 amide bonds. The maximum atomic E-state index is 13.7. The average molecular weight is 1400 g/mol. The summed E-state index contributed by atoms with van der Waals surface area (Å²) in [6, 6.07) is -0.260. The van der Waals surface area contributed by atoms with Gasteiger partial charge >= 0.3 is 18.2 Å². The van der Waals surface area contributed by atoms with Crippen LogP contribution < -0.4 is 9.80 Å². The van der Waals surface area contributed by atoms with Crippen LogP contribution in [0.25, 0.3) is 22.1 Å². The molecule has 4 aliphatic heterocycles. The molecule has 4 aromatic rings. The summed E-state index contributed by atoms with van der Waals surface area (Å²) in [5.74, 6) is -2.07. The first-order chi connectivity index (χ1) is 43.9. The van der Waals surface area contributed by atoms with Gasteiger partial charge in [0.1, 0.15) is 62.1 Å². The highest BCUT2D eigenvalue weighted by Gasteiger charge is 2.60. The van der Waals surface area contributed by atoms with Crippen LogP contribution in [0.5, 0.6) is 0 Å². The van der Waals surface area contributed by atoms with Gasteiger partial charge in [-0.1, -0.05) is 25.7 Å². The van der Waals surface area contributed by atoms with Crippen LogP contribution in [-0.2, 0) is 75.5 Å². The molecule has 2 unspecified atom stereocenters. The van der Waals surface area contributed by atoms with E-state index in [1.807, 2.05) is 41.5 Å². The minimum atomic E-state index is -3.28. The monoisotopic (exact) mass is 1400 g/mol. The van der Waals surface area contributed by atoms with E-state index >= 15 is 0 Å². The predicted molar refractivity (Wildman–Crippen MR) is 346 cm³/mol. The summed E-state index contributed by atoms with van der Waals surface area (Å²) in [6.45, 7) is 25.2. The first-order valence-corrected chi connectivity index (χ1v) is 37.9. The fraction of sp³-hybridized carbons (Fsp3) is 0.787. The van der Waals surface area contributed by atoms with Gasteiger partial charge in [-0.25, -0.2) is 23.7 Å². The highest BCUT2D eigenvalue weighted by Crippen LogP contribution is 2.57. The summed E-state index contributed by atoms with van der Waals surface area (Å²) in [5, 5.41) is 17.1. The van der Waals surface area contributed by atoms with Gasteiger partial charge < -0.3 is 75.8 Å². The van der Waals surface area contributed by atoms with Crippen molar-refractivity contribution >= 4 is 89.3 Å². The van der Waals surface area contributed by atoms with Gasteiger partial charge in [0.05, 0.1) is 62.8 Å². The van der Waals surface area contributed by atoms with E-state index in [-0.39, 0.29) is 62.1 Å². The number of aromatic nitrogens is 8. The van der Waals surface area contributed by atoms with Crippen LogP contribution >= 0.6 is 37.5 Å². The van der Waals surface area contributed by atoms with Crippen molar-refractivity contribution in [3.63, 3.8) is 0 Å². The van der Waals surface area contributed by atoms with Crippen molar-refractivity contribution in [1.29, 1.82) is 0 Å². The quantitative estimate of drug-likeness (QED) is 0.0331. The Morgan fingerprint density at radius 3 is 1.43 bits per heavy atom. The molecule has 0 spiro atoms. The molecule has 4 aromatic heterocycles. The average Bonchev–Trinajstić information content (AvgIpc) is 1.57. The second kappa shape index (κ2) is 28.5. The Kier molecular flexibility index (Phi) is 22.4.